The lowest BCUT2D eigenvalue weighted by atomic mass is 10.0. The molecular formula is C15H18N2O. The molecule has 1 aliphatic rings. The maximum absolute atomic E-state index is 11.1. The highest BCUT2D eigenvalue weighted by molar-refractivity contribution is 5.86. The minimum Gasteiger partial charge on any atom is -0.350 e. The topological polar surface area (TPSA) is 34.0 Å². The van der Waals surface area contributed by atoms with Crippen molar-refractivity contribution in [2.75, 3.05) is 0 Å². The number of rotatable bonds is 3. The average molecular weight is 242 g/mol. The van der Waals surface area contributed by atoms with Gasteiger partial charge in [0.25, 0.3) is 0 Å². The van der Waals surface area contributed by atoms with Gasteiger partial charge in [-0.05, 0) is 42.2 Å². The summed E-state index contributed by atoms with van der Waals surface area (Å²) < 4.78 is 2.17. The van der Waals surface area contributed by atoms with E-state index in [1.54, 1.807) is 6.92 Å². The average Bonchev–Trinajstić information content (AvgIpc) is 2.89. The van der Waals surface area contributed by atoms with E-state index in [0.717, 1.165) is 19.5 Å². The van der Waals surface area contributed by atoms with Crippen molar-refractivity contribution in [3.05, 3.63) is 35.0 Å². The number of aromatic nitrogens is 1. The highest BCUT2D eigenvalue weighted by atomic mass is 16.1. The summed E-state index contributed by atoms with van der Waals surface area (Å²) in [5.74, 6) is 0.259. The zero-order valence-electron chi connectivity index (χ0n) is 10.9. The van der Waals surface area contributed by atoms with Crippen LogP contribution in [0.15, 0.2) is 18.3 Å². The van der Waals surface area contributed by atoms with Gasteiger partial charge >= 0.3 is 0 Å². The fourth-order valence-corrected chi connectivity index (χ4v) is 2.77. The zero-order valence-corrected chi connectivity index (χ0v) is 10.9. The number of ketones is 1. The number of hydrogen-bond donors (Lipinski definition) is 1. The van der Waals surface area contributed by atoms with Gasteiger partial charge in [-0.25, -0.2) is 0 Å². The van der Waals surface area contributed by atoms with E-state index in [1.807, 2.05) is 0 Å². The van der Waals surface area contributed by atoms with Gasteiger partial charge in [-0.3, -0.25) is 0 Å². The number of aryl methyl sites for hydroxylation is 2. The molecular weight excluding hydrogens is 224 g/mol. The number of carbonyl (C=O) groups is 1. The van der Waals surface area contributed by atoms with Crippen LogP contribution in [0.5, 0.6) is 0 Å². The van der Waals surface area contributed by atoms with Crippen molar-refractivity contribution in [2.24, 2.45) is 7.05 Å². The fraction of sp³-hybridized carbons (Fsp3) is 0.400. The molecule has 0 fully saturated rings. The summed E-state index contributed by atoms with van der Waals surface area (Å²) in [6.07, 6.45) is 3.64. The molecule has 0 bridgehead atoms. The van der Waals surface area contributed by atoms with E-state index < -0.39 is 0 Å². The molecule has 0 amide bonds. The first kappa shape index (κ1) is 11.5. The highest BCUT2D eigenvalue weighted by Crippen LogP contribution is 2.27. The van der Waals surface area contributed by atoms with Crippen LogP contribution in [0.2, 0.25) is 0 Å². The van der Waals surface area contributed by atoms with Crippen molar-refractivity contribution >= 4 is 16.7 Å². The Kier molecular flexibility index (Phi) is 2.71. The van der Waals surface area contributed by atoms with Crippen LogP contribution in [0, 0.1) is 0 Å². The van der Waals surface area contributed by atoms with E-state index in [2.05, 4.69) is 35.3 Å². The molecule has 0 saturated carbocycles. The van der Waals surface area contributed by atoms with Gasteiger partial charge < -0.3 is 14.7 Å². The van der Waals surface area contributed by atoms with Gasteiger partial charge in [-0.15, -0.1) is 0 Å². The molecule has 2 aromatic rings. The van der Waals surface area contributed by atoms with Gasteiger partial charge in [-0.1, -0.05) is 0 Å². The third-order valence-corrected chi connectivity index (χ3v) is 3.77. The van der Waals surface area contributed by atoms with Gasteiger partial charge in [0.1, 0.15) is 5.78 Å². The van der Waals surface area contributed by atoms with E-state index in [0.29, 0.717) is 6.42 Å². The van der Waals surface area contributed by atoms with Crippen LogP contribution in [0.4, 0.5) is 0 Å². The number of nitrogens with one attached hydrogen (secondary N) is 1. The Balaban J connectivity index is 2.07. The van der Waals surface area contributed by atoms with Crippen LogP contribution < -0.4 is 5.32 Å². The minimum absolute atomic E-state index is 0.259. The second kappa shape index (κ2) is 4.25. The number of fused-ring (bicyclic) bond motifs is 2. The molecule has 0 radical (unpaired) electrons. The molecule has 3 nitrogen and oxygen atoms in total. The molecule has 1 aliphatic heterocycles. The summed E-state index contributed by atoms with van der Waals surface area (Å²) in [5, 5.41) is 4.68. The number of benzene rings is 1. The summed E-state index contributed by atoms with van der Waals surface area (Å²) in [6, 6.07) is 4.57. The molecule has 1 aromatic carbocycles. The summed E-state index contributed by atoms with van der Waals surface area (Å²) >= 11 is 0. The van der Waals surface area contributed by atoms with Crippen molar-refractivity contribution in [3.8, 4) is 0 Å². The number of Topliss-reactive ketones (excluding diaryl/α,β-unsaturated/α-hetero) is 1. The molecule has 94 valence electrons. The molecule has 0 aliphatic carbocycles. The largest absolute Gasteiger partial charge is 0.350 e. The number of nitrogens with zero attached hydrogens (tertiary/aromatic N) is 1. The molecule has 0 spiro atoms. The van der Waals surface area contributed by atoms with Crippen LogP contribution in [-0.4, -0.2) is 10.4 Å². The maximum Gasteiger partial charge on any atom is 0.130 e. The van der Waals surface area contributed by atoms with Crippen molar-refractivity contribution in [3.63, 3.8) is 0 Å². The molecule has 0 saturated heterocycles. The summed E-state index contributed by atoms with van der Waals surface area (Å²) in [4.78, 5) is 11.1. The zero-order chi connectivity index (χ0) is 12.7. The lowest BCUT2D eigenvalue weighted by Crippen LogP contribution is -1.99. The van der Waals surface area contributed by atoms with Crippen molar-refractivity contribution < 1.29 is 4.79 Å². The van der Waals surface area contributed by atoms with Crippen LogP contribution in [0.25, 0.3) is 10.9 Å². The Morgan fingerprint density at radius 2 is 2.06 bits per heavy atom. The summed E-state index contributed by atoms with van der Waals surface area (Å²) in [5.41, 5.74) is 5.37. The Bertz CT molecular complexity index is 625. The predicted molar refractivity (Wildman–Crippen MR) is 72.5 cm³/mol. The molecule has 1 N–H and O–H groups in total. The van der Waals surface area contributed by atoms with E-state index in [1.165, 1.54) is 27.6 Å². The van der Waals surface area contributed by atoms with Crippen LogP contribution in [-0.2, 0) is 31.4 Å². The monoisotopic (exact) mass is 242 g/mol. The fourth-order valence-electron chi connectivity index (χ4n) is 2.77. The van der Waals surface area contributed by atoms with Gasteiger partial charge in [0, 0.05) is 43.7 Å². The third kappa shape index (κ3) is 1.85. The van der Waals surface area contributed by atoms with Crippen LogP contribution in [0.3, 0.4) is 0 Å². The van der Waals surface area contributed by atoms with E-state index in [9.17, 15) is 4.79 Å². The van der Waals surface area contributed by atoms with E-state index >= 15 is 0 Å². The Morgan fingerprint density at radius 1 is 1.33 bits per heavy atom. The first-order chi connectivity index (χ1) is 8.65. The standard InChI is InChI=1S/C15H18N2O/c1-10(18)3-4-11-9-17(2)15-6-13-8-16-7-12(13)5-14(11)15/h5-6,9,16H,3-4,7-8H2,1-2H3. The third-order valence-electron chi connectivity index (χ3n) is 3.77. The smallest absolute Gasteiger partial charge is 0.130 e. The molecule has 1 aromatic heterocycles. The van der Waals surface area contributed by atoms with Gasteiger partial charge in [0.2, 0.25) is 0 Å². The maximum atomic E-state index is 11.1. The molecule has 18 heavy (non-hydrogen) atoms. The van der Waals surface area contributed by atoms with Crippen LogP contribution in [0.1, 0.15) is 30.0 Å². The summed E-state index contributed by atoms with van der Waals surface area (Å²) in [7, 11) is 2.08. The molecule has 2 heterocycles. The lowest BCUT2D eigenvalue weighted by Gasteiger charge is -2.02. The van der Waals surface area contributed by atoms with E-state index in [4.69, 9.17) is 0 Å². The Morgan fingerprint density at radius 3 is 2.78 bits per heavy atom. The summed E-state index contributed by atoms with van der Waals surface area (Å²) in [6.45, 7) is 3.60. The first-order valence-corrected chi connectivity index (χ1v) is 6.45. The van der Waals surface area contributed by atoms with Crippen molar-refractivity contribution in [2.45, 2.75) is 32.9 Å². The van der Waals surface area contributed by atoms with Gasteiger partial charge in [0.05, 0.1) is 0 Å². The molecule has 0 unspecified atom stereocenters. The quantitative estimate of drug-likeness (QED) is 0.896. The second-order valence-corrected chi connectivity index (χ2v) is 5.21. The van der Waals surface area contributed by atoms with E-state index in [-0.39, 0.29) is 5.78 Å². The first-order valence-electron chi connectivity index (χ1n) is 6.45. The predicted octanol–water partition coefficient (Wildman–Crippen LogP) is 2.30. The van der Waals surface area contributed by atoms with Crippen molar-refractivity contribution in [1.29, 1.82) is 0 Å². The molecule has 3 rings (SSSR count). The highest BCUT2D eigenvalue weighted by Gasteiger charge is 2.15. The molecule has 0 atom stereocenters. The Labute approximate surface area is 107 Å². The SMILES string of the molecule is CC(=O)CCc1cn(C)c2cc3c(cc12)CNC3. The molecule has 3 heteroatoms. The number of hydrogen-bond acceptors (Lipinski definition) is 2. The van der Waals surface area contributed by atoms with Gasteiger partial charge in [-0.2, -0.15) is 0 Å². The van der Waals surface area contributed by atoms with Crippen molar-refractivity contribution in [1.82, 2.24) is 9.88 Å². The van der Waals surface area contributed by atoms with Crippen LogP contribution >= 0.6 is 0 Å². The Hall–Kier alpha value is -1.61. The minimum atomic E-state index is 0.259. The van der Waals surface area contributed by atoms with Gasteiger partial charge in [0.15, 0.2) is 0 Å². The lowest BCUT2D eigenvalue weighted by molar-refractivity contribution is -0.116. The normalized spacial score (nSPS) is 14.1. The number of carbonyl (C=O) groups excluding carboxylic acids is 1. The second-order valence-electron chi connectivity index (χ2n) is 5.21.